The highest BCUT2D eigenvalue weighted by atomic mass is 32.2. The van der Waals surface area contributed by atoms with Gasteiger partial charge in [0.1, 0.15) is 5.75 Å². The maximum atomic E-state index is 12.6. The minimum absolute atomic E-state index is 0.0898. The zero-order valence-electron chi connectivity index (χ0n) is 12.6. The van der Waals surface area contributed by atoms with Crippen LogP contribution in [0.25, 0.3) is 6.08 Å². The first kappa shape index (κ1) is 15.8. The Bertz CT molecular complexity index is 754. The molecule has 1 aliphatic heterocycles. The molecule has 116 valence electrons. The Hall–Kier alpha value is -2.11. The second kappa shape index (κ2) is 6.98. The number of thioether (sulfide) groups is 1. The molecule has 1 amide bonds. The standard InChI is InChI=1S/C18H15NO2S2/c1-2-21-15-10-8-14(9-11-15)19-17(20)16(23-18(19)22)12-13-6-4-3-5-7-13/h3-12H,2H2,1H3/b16-12+. The van der Waals surface area contributed by atoms with Crippen LogP contribution in [0.3, 0.4) is 0 Å². The number of hydrogen-bond acceptors (Lipinski definition) is 4. The summed E-state index contributed by atoms with van der Waals surface area (Å²) in [7, 11) is 0. The molecule has 0 aliphatic carbocycles. The summed E-state index contributed by atoms with van der Waals surface area (Å²) in [6.45, 7) is 2.55. The maximum Gasteiger partial charge on any atom is 0.270 e. The molecule has 2 aromatic rings. The number of rotatable bonds is 4. The third-order valence-electron chi connectivity index (χ3n) is 3.30. The van der Waals surface area contributed by atoms with Crippen molar-refractivity contribution in [2.75, 3.05) is 11.5 Å². The highest BCUT2D eigenvalue weighted by Gasteiger charge is 2.33. The lowest BCUT2D eigenvalue weighted by Crippen LogP contribution is -2.27. The fraction of sp³-hybridized carbons (Fsp3) is 0.111. The van der Waals surface area contributed by atoms with Crippen LogP contribution < -0.4 is 9.64 Å². The molecule has 0 bridgehead atoms. The molecule has 0 N–H and O–H groups in total. The van der Waals surface area contributed by atoms with Gasteiger partial charge < -0.3 is 4.74 Å². The molecule has 3 rings (SSSR count). The van der Waals surface area contributed by atoms with Crippen molar-refractivity contribution in [3.63, 3.8) is 0 Å². The molecule has 23 heavy (non-hydrogen) atoms. The van der Waals surface area contributed by atoms with Crippen molar-refractivity contribution in [3.05, 3.63) is 65.1 Å². The molecule has 1 heterocycles. The summed E-state index contributed by atoms with van der Waals surface area (Å²) in [6, 6.07) is 17.1. The molecular weight excluding hydrogens is 326 g/mol. The fourth-order valence-corrected chi connectivity index (χ4v) is 3.55. The van der Waals surface area contributed by atoms with E-state index in [4.69, 9.17) is 17.0 Å². The molecule has 0 spiro atoms. The monoisotopic (exact) mass is 341 g/mol. The molecule has 2 aromatic carbocycles. The maximum absolute atomic E-state index is 12.6. The summed E-state index contributed by atoms with van der Waals surface area (Å²) in [6.07, 6.45) is 1.87. The van der Waals surface area contributed by atoms with Crippen molar-refractivity contribution in [2.45, 2.75) is 6.92 Å². The van der Waals surface area contributed by atoms with E-state index < -0.39 is 0 Å². The topological polar surface area (TPSA) is 29.5 Å². The number of benzene rings is 2. The molecule has 0 radical (unpaired) electrons. The summed E-state index contributed by atoms with van der Waals surface area (Å²) >= 11 is 6.70. The zero-order valence-corrected chi connectivity index (χ0v) is 14.2. The summed E-state index contributed by atoms with van der Waals surface area (Å²) in [5.74, 6) is 0.689. The van der Waals surface area contributed by atoms with Crippen LogP contribution in [-0.2, 0) is 4.79 Å². The second-order valence-corrected chi connectivity index (χ2v) is 6.53. The van der Waals surface area contributed by atoms with Crippen LogP contribution in [0.2, 0.25) is 0 Å². The number of amides is 1. The highest BCUT2D eigenvalue weighted by Crippen LogP contribution is 2.36. The number of carbonyl (C=O) groups is 1. The van der Waals surface area contributed by atoms with E-state index in [0.717, 1.165) is 17.0 Å². The predicted molar refractivity (Wildman–Crippen MR) is 99.7 cm³/mol. The van der Waals surface area contributed by atoms with Crippen LogP contribution >= 0.6 is 24.0 Å². The van der Waals surface area contributed by atoms with Gasteiger partial charge in [-0.05, 0) is 42.8 Å². The smallest absolute Gasteiger partial charge is 0.270 e. The lowest BCUT2D eigenvalue weighted by molar-refractivity contribution is -0.113. The van der Waals surface area contributed by atoms with Crippen molar-refractivity contribution in [1.29, 1.82) is 0 Å². The Morgan fingerprint density at radius 2 is 1.83 bits per heavy atom. The molecule has 1 aliphatic rings. The van der Waals surface area contributed by atoms with E-state index in [1.54, 1.807) is 4.90 Å². The van der Waals surface area contributed by atoms with E-state index in [1.165, 1.54) is 11.8 Å². The van der Waals surface area contributed by atoms with Crippen molar-refractivity contribution < 1.29 is 9.53 Å². The molecule has 1 fully saturated rings. The largest absolute Gasteiger partial charge is 0.494 e. The van der Waals surface area contributed by atoms with Crippen molar-refractivity contribution >= 4 is 46.0 Å². The van der Waals surface area contributed by atoms with Gasteiger partial charge in [-0.1, -0.05) is 54.3 Å². The Morgan fingerprint density at radius 1 is 1.13 bits per heavy atom. The van der Waals surface area contributed by atoms with Gasteiger partial charge in [0.25, 0.3) is 5.91 Å². The van der Waals surface area contributed by atoms with Crippen LogP contribution in [0.5, 0.6) is 5.75 Å². The molecule has 5 heteroatoms. The normalized spacial score (nSPS) is 16.2. The lowest BCUT2D eigenvalue weighted by atomic mass is 10.2. The van der Waals surface area contributed by atoms with Gasteiger partial charge in [0, 0.05) is 0 Å². The molecule has 0 aromatic heterocycles. The summed E-state index contributed by atoms with van der Waals surface area (Å²) < 4.78 is 5.97. The van der Waals surface area contributed by atoms with Crippen LogP contribution in [0.15, 0.2) is 59.5 Å². The number of ether oxygens (including phenoxy) is 1. The number of carbonyl (C=O) groups excluding carboxylic acids is 1. The second-order valence-electron chi connectivity index (χ2n) is 4.85. The molecule has 1 saturated heterocycles. The molecule has 0 saturated carbocycles. The first-order chi connectivity index (χ1) is 11.2. The van der Waals surface area contributed by atoms with Gasteiger partial charge >= 0.3 is 0 Å². The third-order valence-corrected chi connectivity index (χ3v) is 4.60. The summed E-state index contributed by atoms with van der Waals surface area (Å²) in [5, 5.41) is 0. The van der Waals surface area contributed by atoms with E-state index in [1.807, 2.05) is 67.6 Å². The van der Waals surface area contributed by atoms with E-state index in [9.17, 15) is 4.79 Å². The van der Waals surface area contributed by atoms with Gasteiger partial charge in [0.2, 0.25) is 0 Å². The fourth-order valence-electron chi connectivity index (χ4n) is 2.25. The average Bonchev–Trinajstić information content (AvgIpc) is 2.84. The Kier molecular flexibility index (Phi) is 4.79. The number of nitrogens with zero attached hydrogens (tertiary/aromatic N) is 1. The number of thiocarbonyl (C=S) groups is 1. The predicted octanol–water partition coefficient (Wildman–Crippen LogP) is 4.49. The quantitative estimate of drug-likeness (QED) is 0.605. The van der Waals surface area contributed by atoms with Gasteiger partial charge in [-0.2, -0.15) is 0 Å². The lowest BCUT2D eigenvalue weighted by Gasteiger charge is -2.15. The van der Waals surface area contributed by atoms with Crippen molar-refractivity contribution in [2.24, 2.45) is 0 Å². The van der Waals surface area contributed by atoms with E-state index in [0.29, 0.717) is 15.8 Å². The molecule has 0 atom stereocenters. The van der Waals surface area contributed by atoms with E-state index >= 15 is 0 Å². The van der Waals surface area contributed by atoms with Gasteiger partial charge in [0.15, 0.2) is 4.32 Å². The highest BCUT2D eigenvalue weighted by molar-refractivity contribution is 8.27. The van der Waals surface area contributed by atoms with E-state index in [-0.39, 0.29) is 5.91 Å². The van der Waals surface area contributed by atoms with Crippen molar-refractivity contribution in [1.82, 2.24) is 0 Å². The minimum Gasteiger partial charge on any atom is -0.494 e. The average molecular weight is 341 g/mol. The van der Waals surface area contributed by atoms with Gasteiger partial charge in [-0.25, -0.2) is 0 Å². The SMILES string of the molecule is CCOc1ccc(N2C(=O)/C(=C\c3ccccc3)SC2=S)cc1. The minimum atomic E-state index is -0.0898. The van der Waals surface area contributed by atoms with E-state index in [2.05, 4.69) is 0 Å². The molecule has 3 nitrogen and oxygen atoms in total. The van der Waals surface area contributed by atoms with Crippen LogP contribution in [0.1, 0.15) is 12.5 Å². The first-order valence-corrected chi connectivity index (χ1v) is 8.47. The molecule has 0 unspecified atom stereocenters. The Balaban J connectivity index is 1.85. The third kappa shape index (κ3) is 3.46. The Morgan fingerprint density at radius 3 is 2.48 bits per heavy atom. The molecular formula is C18H15NO2S2. The van der Waals surface area contributed by atoms with Gasteiger partial charge in [0.05, 0.1) is 17.2 Å². The van der Waals surface area contributed by atoms with Gasteiger partial charge in [-0.15, -0.1) is 0 Å². The summed E-state index contributed by atoms with van der Waals surface area (Å²) in [5.41, 5.74) is 1.74. The van der Waals surface area contributed by atoms with Crippen molar-refractivity contribution in [3.8, 4) is 5.75 Å². The first-order valence-electron chi connectivity index (χ1n) is 7.25. The Labute approximate surface area is 144 Å². The number of hydrogen-bond donors (Lipinski definition) is 0. The number of anilines is 1. The zero-order chi connectivity index (χ0) is 16.2. The van der Waals surface area contributed by atoms with Crippen LogP contribution in [0.4, 0.5) is 5.69 Å². The van der Waals surface area contributed by atoms with Crippen LogP contribution in [0, 0.1) is 0 Å². The summed E-state index contributed by atoms with van der Waals surface area (Å²) in [4.78, 5) is 14.8. The van der Waals surface area contributed by atoms with Crippen LogP contribution in [-0.4, -0.2) is 16.8 Å². The van der Waals surface area contributed by atoms with Gasteiger partial charge in [-0.3, -0.25) is 9.69 Å².